The molecule has 0 radical (unpaired) electrons. The van der Waals surface area contributed by atoms with Crippen molar-refractivity contribution in [1.29, 1.82) is 0 Å². The summed E-state index contributed by atoms with van der Waals surface area (Å²) in [6, 6.07) is 15.4. The Morgan fingerprint density at radius 1 is 0.412 bits per heavy atom. The van der Waals surface area contributed by atoms with Crippen LogP contribution in [0.25, 0.3) is 22.3 Å². The van der Waals surface area contributed by atoms with E-state index >= 15 is 0 Å². The maximum atomic E-state index is 11.1. The fourth-order valence-corrected chi connectivity index (χ4v) is 7.96. The molecule has 0 aliphatic carbocycles. The van der Waals surface area contributed by atoms with Gasteiger partial charge in [0.2, 0.25) is 0 Å². The molecule has 384 valence electrons. The quantitative estimate of drug-likeness (QED) is 0.132. The number of nitrogens with zero attached hydrogens (tertiary/aromatic N) is 1. The van der Waals surface area contributed by atoms with Gasteiger partial charge in [-0.3, -0.25) is 0 Å². The standard InChI is InChI=1S/C23H31Cl2O4P.C23H32O4.C6H15N.Cl3P/c1-22(2,3)18-12-14(26-7)10-16(20(18)28-9)17-11-15(27-8)13-19(23(4,5)6)21(17)29-30(24)25;1-22(2,3)18-12-14(25-7)10-16(20(18)24)17-11-15(26-8)13-19(21(17)27-9)23(4,5)6;1-4-7(5-2)6-3;1-4(2)3/h10-13H,1-9H3;10-13,24H,1-9H3;4-6H2,1-3H3;. The van der Waals surface area contributed by atoms with Gasteiger partial charge in [-0.15, -0.1) is 0 Å². The highest BCUT2D eigenvalue weighted by Crippen LogP contribution is 2.56. The van der Waals surface area contributed by atoms with Gasteiger partial charge in [-0.2, -0.15) is 0 Å². The monoisotopic (exact) mass is 1080 g/mol. The Hall–Kier alpha value is -2.45. The SMILES string of the molecule is CCN(CC)CC.COc1cc(-c2cc(OC)cc(C(C)(C)C)c2OC)c(O)c(C(C)(C)C)c1.COc1cc(-c2cc(OC)cc(C(C)(C)C)c2OP(Cl)Cl)c(OC)c(C(C)(C)C)c1.ClP(Cl)Cl. The van der Waals surface area contributed by atoms with Crippen molar-refractivity contribution in [1.82, 2.24) is 4.90 Å². The van der Waals surface area contributed by atoms with Crippen molar-refractivity contribution in [3.63, 3.8) is 0 Å². The molecule has 0 aromatic heterocycles. The van der Waals surface area contributed by atoms with E-state index in [4.69, 9.17) is 89.1 Å². The molecule has 0 aliphatic rings. The maximum absolute atomic E-state index is 11.1. The average Bonchev–Trinajstić information content (AvgIpc) is 3.24. The van der Waals surface area contributed by atoms with Crippen molar-refractivity contribution in [3.8, 4) is 68.2 Å². The summed E-state index contributed by atoms with van der Waals surface area (Å²) in [4.78, 5) is 2.38. The van der Waals surface area contributed by atoms with Crippen LogP contribution >= 0.6 is 69.0 Å². The zero-order valence-electron chi connectivity index (χ0n) is 44.3. The first-order valence-electron chi connectivity index (χ1n) is 22.3. The molecule has 68 heavy (non-hydrogen) atoms. The highest BCUT2D eigenvalue weighted by molar-refractivity contribution is 8.20. The molecule has 0 atom stereocenters. The lowest BCUT2D eigenvalue weighted by atomic mass is 9.81. The summed E-state index contributed by atoms with van der Waals surface area (Å²) in [5.74, 6) is 3.95. The number of hydrogen-bond donors (Lipinski definition) is 1. The first-order valence-corrected chi connectivity index (χ1v) is 29.4. The fraction of sp³-hybridized carbons (Fsp3) is 0.538. The van der Waals surface area contributed by atoms with Gasteiger partial charge in [-0.1, -0.05) is 138 Å². The molecule has 4 aromatic rings. The summed E-state index contributed by atoms with van der Waals surface area (Å²) in [5.41, 5.74) is 6.03. The highest BCUT2D eigenvalue weighted by Gasteiger charge is 2.31. The van der Waals surface area contributed by atoms with Gasteiger partial charge in [0.15, 0.2) is 5.98 Å². The number of aromatic hydroxyl groups is 1. The van der Waals surface area contributed by atoms with Crippen molar-refractivity contribution in [2.75, 3.05) is 62.3 Å². The normalized spacial score (nSPS) is 11.7. The van der Waals surface area contributed by atoms with E-state index in [1.54, 1.807) is 42.7 Å². The van der Waals surface area contributed by atoms with Gasteiger partial charge in [0, 0.05) is 44.5 Å². The van der Waals surface area contributed by atoms with Crippen LogP contribution < -0.4 is 32.9 Å². The molecule has 4 aromatic carbocycles. The van der Waals surface area contributed by atoms with Crippen molar-refractivity contribution < 1.29 is 38.1 Å². The van der Waals surface area contributed by atoms with Gasteiger partial charge in [0.1, 0.15) is 46.0 Å². The van der Waals surface area contributed by atoms with Gasteiger partial charge in [-0.25, -0.2) is 0 Å². The Morgan fingerprint density at radius 3 is 0.897 bits per heavy atom. The molecule has 9 nitrogen and oxygen atoms in total. The van der Waals surface area contributed by atoms with Crippen LogP contribution in [0, 0.1) is 0 Å². The molecule has 1 N–H and O–H groups in total. The predicted octanol–water partition coefficient (Wildman–Crippen LogP) is 18.0. The van der Waals surface area contributed by atoms with E-state index < -0.39 is 12.8 Å². The topological polar surface area (TPSA) is 88.1 Å². The van der Waals surface area contributed by atoms with Crippen molar-refractivity contribution in [2.45, 2.75) is 126 Å². The van der Waals surface area contributed by atoms with E-state index in [0.717, 1.165) is 61.9 Å². The molecule has 0 bridgehead atoms. The van der Waals surface area contributed by atoms with E-state index in [9.17, 15) is 5.11 Å². The molecule has 0 saturated heterocycles. The number of halogens is 5. The third kappa shape index (κ3) is 18.6. The Balaban J connectivity index is 0.000000559. The van der Waals surface area contributed by atoms with Crippen LogP contribution in [0.15, 0.2) is 48.5 Å². The summed E-state index contributed by atoms with van der Waals surface area (Å²) in [6.45, 7) is 33.7. The van der Waals surface area contributed by atoms with Crippen molar-refractivity contribution in [3.05, 3.63) is 70.8 Å². The summed E-state index contributed by atoms with van der Waals surface area (Å²) >= 11 is 26.9. The number of ether oxygens (including phenoxy) is 6. The summed E-state index contributed by atoms with van der Waals surface area (Å²) in [5, 5.41) is 11.1. The first kappa shape index (κ1) is 63.6. The number of hydrogen-bond acceptors (Lipinski definition) is 9. The second-order valence-electron chi connectivity index (χ2n) is 19.7. The number of rotatable bonds is 13. The number of phenolic OH excluding ortho intramolecular Hbond substituents is 1. The van der Waals surface area contributed by atoms with E-state index in [2.05, 4.69) is 109 Å². The molecule has 0 aliphatic heterocycles. The lowest BCUT2D eigenvalue weighted by molar-refractivity contribution is 0.321. The first-order chi connectivity index (χ1) is 31.3. The molecule has 4 rings (SSSR count). The molecule has 0 unspecified atom stereocenters. The van der Waals surface area contributed by atoms with Crippen LogP contribution in [0.3, 0.4) is 0 Å². The number of methoxy groups -OCH3 is 6. The third-order valence-corrected chi connectivity index (χ3v) is 11.7. The van der Waals surface area contributed by atoms with Gasteiger partial charge < -0.3 is 43.0 Å². The maximum Gasteiger partial charge on any atom is 0.284 e. The van der Waals surface area contributed by atoms with E-state index in [1.165, 1.54) is 19.6 Å². The van der Waals surface area contributed by atoms with E-state index in [-0.39, 0.29) is 27.4 Å². The van der Waals surface area contributed by atoms with Crippen molar-refractivity contribution >= 4 is 69.0 Å². The summed E-state index contributed by atoms with van der Waals surface area (Å²) in [7, 11) is 9.89. The zero-order chi connectivity index (χ0) is 52.7. The predicted molar refractivity (Wildman–Crippen MR) is 297 cm³/mol. The second kappa shape index (κ2) is 28.0. The van der Waals surface area contributed by atoms with Crippen molar-refractivity contribution in [2.24, 2.45) is 0 Å². The van der Waals surface area contributed by atoms with Gasteiger partial charge in [-0.05, 0) is 112 Å². The minimum absolute atomic E-state index is 0.157. The molecule has 0 heterocycles. The van der Waals surface area contributed by atoms with Crippen LogP contribution in [0.2, 0.25) is 0 Å². The molecular formula is C52H78Cl5NO8P2. The van der Waals surface area contributed by atoms with Crippen LogP contribution in [0.4, 0.5) is 0 Å². The molecule has 0 saturated carbocycles. The molecular weight excluding hydrogens is 1010 g/mol. The highest BCUT2D eigenvalue weighted by atomic mass is 36.0. The fourth-order valence-electron chi connectivity index (χ4n) is 7.21. The smallest absolute Gasteiger partial charge is 0.284 e. The Labute approximate surface area is 436 Å². The minimum atomic E-state index is -1.68. The van der Waals surface area contributed by atoms with Crippen LogP contribution in [0.5, 0.6) is 46.0 Å². The van der Waals surface area contributed by atoms with Crippen LogP contribution in [0.1, 0.15) is 126 Å². The van der Waals surface area contributed by atoms with Crippen LogP contribution in [-0.2, 0) is 21.7 Å². The molecule has 0 spiro atoms. The van der Waals surface area contributed by atoms with Gasteiger partial charge >= 0.3 is 0 Å². The molecule has 0 fully saturated rings. The summed E-state index contributed by atoms with van der Waals surface area (Å²) in [6.07, 6.45) is 0. The Bertz CT molecular complexity index is 2190. The second-order valence-corrected chi connectivity index (χ2v) is 27.7. The minimum Gasteiger partial charge on any atom is -0.507 e. The van der Waals surface area contributed by atoms with E-state index in [0.29, 0.717) is 22.8 Å². The van der Waals surface area contributed by atoms with Gasteiger partial charge in [0.25, 0.3) is 6.85 Å². The average molecular weight is 1080 g/mol. The Kier molecular flexibility index (Phi) is 26.1. The zero-order valence-corrected chi connectivity index (χ0v) is 49.8. The summed E-state index contributed by atoms with van der Waals surface area (Å²) < 4.78 is 40.0. The van der Waals surface area contributed by atoms with Crippen LogP contribution in [-0.4, -0.2) is 72.3 Å². The lowest BCUT2D eigenvalue weighted by Gasteiger charge is -2.28. The molecule has 16 heteroatoms. The molecule has 0 amide bonds. The Morgan fingerprint density at radius 2 is 0.662 bits per heavy atom. The lowest BCUT2D eigenvalue weighted by Crippen LogP contribution is -2.21. The van der Waals surface area contributed by atoms with E-state index in [1.807, 2.05) is 48.5 Å². The van der Waals surface area contributed by atoms with Gasteiger partial charge in [0.05, 0.1) is 42.7 Å². The number of benzene rings is 4. The largest absolute Gasteiger partial charge is 0.507 e. The number of phenols is 1. The third-order valence-electron chi connectivity index (χ3n) is 10.9.